The number of aryl methyl sites for hydroxylation is 1. The molecule has 1 aromatic heterocycles. The predicted octanol–water partition coefficient (Wildman–Crippen LogP) is 3.66. The minimum absolute atomic E-state index is 0.861. The van der Waals surface area contributed by atoms with E-state index in [-0.39, 0.29) is 0 Å². The molecule has 0 amide bonds. The lowest BCUT2D eigenvalue weighted by Gasteiger charge is -2.18. The Morgan fingerprint density at radius 3 is 2.89 bits per heavy atom. The molecule has 0 spiro atoms. The van der Waals surface area contributed by atoms with E-state index in [0.717, 1.165) is 12.2 Å². The molecule has 19 heavy (non-hydrogen) atoms. The molecule has 0 atom stereocenters. The Balaban J connectivity index is 1.67. The molecule has 1 aliphatic rings. The van der Waals surface area contributed by atoms with Crippen LogP contribution < -0.4 is 10.2 Å². The Hall–Kier alpha value is -1.55. The average molecular weight is 273 g/mol. The van der Waals surface area contributed by atoms with Crippen molar-refractivity contribution < 1.29 is 0 Å². The molecule has 4 heteroatoms. The maximum absolute atomic E-state index is 4.28. The van der Waals surface area contributed by atoms with Gasteiger partial charge >= 0.3 is 0 Å². The zero-order valence-corrected chi connectivity index (χ0v) is 12.0. The monoisotopic (exact) mass is 273 g/mol. The number of aromatic nitrogens is 1. The van der Waals surface area contributed by atoms with Gasteiger partial charge in [-0.2, -0.15) is 0 Å². The molecule has 100 valence electrons. The molecule has 0 aliphatic carbocycles. The maximum Gasteiger partial charge on any atom is 0.0798 e. The van der Waals surface area contributed by atoms with Crippen molar-refractivity contribution in [3.63, 3.8) is 0 Å². The lowest BCUT2D eigenvalue weighted by atomic mass is 10.2. The van der Waals surface area contributed by atoms with Gasteiger partial charge < -0.3 is 10.2 Å². The summed E-state index contributed by atoms with van der Waals surface area (Å²) in [6, 6.07) is 8.72. The molecular weight excluding hydrogens is 254 g/mol. The summed E-state index contributed by atoms with van der Waals surface area (Å²) < 4.78 is 0. The standard InChI is InChI=1S/C15H19N3S/c1-12-15(19-11-17-12)10-16-13-5-4-6-14(9-13)18-7-2-3-8-18/h4-6,9,11,16H,2-3,7-8,10H2,1H3. The minimum Gasteiger partial charge on any atom is -0.380 e. The molecule has 0 radical (unpaired) electrons. The van der Waals surface area contributed by atoms with Gasteiger partial charge in [0, 0.05) is 29.3 Å². The first-order chi connectivity index (χ1) is 9.33. The van der Waals surface area contributed by atoms with Crippen molar-refractivity contribution in [1.82, 2.24) is 4.98 Å². The lowest BCUT2D eigenvalue weighted by molar-refractivity contribution is 0.949. The Bertz CT molecular complexity index is 544. The van der Waals surface area contributed by atoms with Crippen molar-refractivity contribution in [2.45, 2.75) is 26.3 Å². The van der Waals surface area contributed by atoms with Crippen LogP contribution in [0.2, 0.25) is 0 Å². The first-order valence-corrected chi connectivity index (χ1v) is 7.69. The summed E-state index contributed by atoms with van der Waals surface area (Å²) in [5.74, 6) is 0. The van der Waals surface area contributed by atoms with E-state index in [1.807, 2.05) is 5.51 Å². The summed E-state index contributed by atoms with van der Waals surface area (Å²) in [4.78, 5) is 8.05. The minimum atomic E-state index is 0.861. The van der Waals surface area contributed by atoms with Crippen LogP contribution in [0.15, 0.2) is 29.8 Å². The number of nitrogens with zero attached hydrogens (tertiary/aromatic N) is 2. The van der Waals surface area contributed by atoms with Gasteiger partial charge in [0.1, 0.15) is 0 Å². The van der Waals surface area contributed by atoms with E-state index in [1.54, 1.807) is 11.3 Å². The van der Waals surface area contributed by atoms with Gasteiger partial charge in [0.2, 0.25) is 0 Å². The SMILES string of the molecule is Cc1ncsc1CNc1cccc(N2CCCC2)c1. The Labute approximate surface area is 118 Å². The van der Waals surface area contributed by atoms with Crippen molar-refractivity contribution in [3.05, 3.63) is 40.3 Å². The third-order valence-electron chi connectivity index (χ3n) is 3.62. The summed E-state index contributed by atoms with van der Waals surface area (Å²) in [5.41, 5.74) is 5.57. The molecule has 3 rings (SSSR count). The first-order valence-electron chi connectivity index (χ1n) is 6.81. The summed E-state index contributed by atoms with van der Waals surface area (Å²) in [6.07, 6.45) is 2.63. The quantitative estimate of drug-likeness (QED) is 0.921. The zero-order valence-electron chi connectivity index (χ0n) is 11.2. The molecule has 0 saturated carbocycles. The third kappa shape index (κ3) is 2.89. The number of anilines is 2. The van der Waals surface area contributed by atoms with Crippen LogP contribution in [0.25, 0.3) is 0 Å². The van der Waals surface area contributed by atoms with E-state index in [4.69, 9.17) is 0 Å². The highest BCUT2D eigenvalue weighted by molar-refractivity contribution is 7.09. The number of nitrogens with one attached hydrogen (secondary N) is 1. The number of benzene rings is 1. The van der Waals surface area contributed by atoms with E-state index < -0.39 is 0 Å². The molecule has 2 heterocycles. The third-order valence-corrected chi connectivity index (χ3v) is 4.55. The van der Waals surface area contributed by atoms with Crippen LogP contribution in [0.1, 0.15) is 23.4 Å². The Morgan fingerprint density at radius 1 is 1.32 bits per heavy atom. The number of rotatable bonds is 4. The summed E-state index contributed by atoms with van der Waals surface area (Å²) in [6.45, 7) is 5.31. The fourth-order valence-electron chi connectivity index (χ4n) is 2.47. The summed E-state index contributed by atoms with van der Waals surface area (Å²) in [7, 11) is 0. The van der Waals surface area contributed by atoms with Gasteiger partial charge in [-0.1, -0.05) is 6.07 Å². The van der Waals surface area contributed by atoms with Gasteiger partial charge in [-0.05, 0) is 38.0 Å². The summed E-state index contributed by atoms with van der Waals surface area (Å²) in [5, 5.41) is 3.50. The van der Waals surface area contributed by atoms with Crippen molar-refractivity contribution in [2.24, 2.45) is 0 Å². The highest BCUT2D eigenvalue weighted by Crippen LogP contribution is 2.24. The molecule has 1 aromatic carbocycles. The molecule has 0 bridgehead atoms. The largest absolute Gasteiger partial charge is 0.380 e. The van der Waals surface area contributed by atoms with Gasteiger partial charge in [0.15, 0.2) is 0 Å². The van der Waals surface area contributed by atoms with Crippen LogP contribution in [0, 0.1) is 6.92 Å². The van der Waals surface area contributed by atoms with Crippen LogP contribution in [0.5, 0.6) is 0 Å². The molecular formula is C15H19N3S. The van der Waals surface area contributed by atoms with Crippen LogP contribution in [0.3, 0.4) is 0 Å². The van der Waals surface area contributed by atoms with E-state index >= 15 is 0 Å². The van der Waals surface area contributed by atoms with Gasteiger partial charge in [0.25, 0.3) is 0 Å². The molecule has 3 nitrogen and oxygen atoms in total. The number of thiazole rings is 1. The number of hydrogen-bond acceptors (Lipinski definition) is 4. The van der Waals surface area contributed by atoms with Crippen molar-refractivity contribution >= 4 is 22.7 Å². The normalized spacial score (nSPS) is 14.9. The fourth-order valence-corrected chi connectivity index (χ4v) is 3.18. The van der Waals surface area contributed by atoms with Crippen LogP contribution in [-0.4, -0.2) is 18.1 Å². The molecule has 1 N–H and O–H groups in total. The Morgan fingerprint density at radius 2 is 2.16 bits per heavy atom. The van der Waals surface area contributed by atoms with Crippen molar-refractivity contribution in [2.75, 3.05) is 23.3 Å². The fraction of sp³-hybridized carbons (Fsp3) is 0.400. The number of hydrogen-bond donors (Lipinski definition) is 1. The second-order valence-corrected chi connectivity index (χ2v) is 5.90. The average Bonchev–Trinajstić information content (AvgIpc) is 3.08. The van der Waals surface area contributed by atoms with E-state index in [9.17, 15) is 0 Å². The topological polar surface area (TPSA) is 28.2 Å². The van der Waals surface area contributed by atoms with E-state index in [2.05, 4.69) is 46.4 Å². The van der Waals surface area contributed by atoms with Crippen molar-refractivity contribution in [1.29, 1.82) is 0 Å². The van der Waals surface area contributed by atoms with Crippen LogP contribution >= 0.6 is 11.3 Å². The smallest absolute Gasteiger partial charge is 0.0798 e. The second-order valence-electron chi connectivity index (χ2n) is 4.96. The highest BCUT2D eigenvalue weighted by Gasteiger charge is 2.12. The lowest BCUT2D eigenvalue weighted by Crippen LogP contribution is -2.17. The molecule has 2 aromatic rings. The van der Waals surface area contributed by atoms with E-state index in [0.29, 0.717) is 0 Å². The van der Waals surface area contributed by atoms with Gasteiger partial charge in [-0.3, -0.25) is 0 Å². The summed E-state index contributed by atoms with van der Waals surface area (Å²) >= 11 is 1.71. The maximum atomic E-state index is 4.28. The van der Waals surface area contributed by atoms with Crippen LogP contribution in [0.4, 0.5) is 11.4 Å². The molecule has 1 saturated heterocycles. The Kier molecular flexibility index (Phi) is 3.69. The van der Waals surface area contributed by atoms with E-state index in [1.165, 1.54) is 42.2 Å². The molecule has 1 aliphatic heterocycles. The predicted molar refractivity (Wildman–Crippen MR) is 82.1 cm³/mol. The molecule has 0 unspecified atom stereocenters. The zero-order chi connectivity index (χ0) is 13.1. The van der Waals surface area contributed by atoms with Gasteiger partial charge in [-0.25, -0.2) is 4.98 Å². The first kappa shape index (κ1) is 12.5. The van der Waals surface area contributed by atoms with Crippen molar-refractivity contribution in [3.8, 4) is 0 Å². The van der Waals surface area contributed by atoms with Gasteiger partial charge in [-0.15, -0.1) is 11.3 Å². The van der Waals surface area contributed by atoms with Gasteiger partial charge in [0.05, 0.1) is 17.7 Å². The molecule has 1 fully saturated rings. The highest BCUT2D eigenvalue weighted by atomic mass is 32.1. The van der Waals surface area contributed by atoms with Crippen LogP contribution in [-0.2, 0) is 6.54 Å². The second kappa shape index (κ2) is 5.61.